The average molecular weight is 306 g/mol. The van der Waals surface area contributed by atoms with Crippen LogP contribution in [0.2, 0.25) is 5.02 Å². The van der Waals surface area contributed by atoms with Crippen LogP contribution in [0.15, 0.2) is 42.5 Å². The lowest BCUT2D eigenvalue weighted by Crippen LogP contribution is -2.14. The average Bonchev–Trinajstić information content (AvgIpc) is 2.46. The van der Waals surface area contributed by atoms with Crippen molar-refractivity contribution in [2.45, 2.75) is 6.61 Å². The maximum absolute atomic E-state index is 11.0. The number of nitrogens with zero attached hydrogens (tertiary/aromatic N) is 1. The first-order valence-corrected chi connectivity index (χ1v) is 6.36. The highest BCUT2D eigenvalue weighted by Gasteiger charge is 2.16. The molecule has 0 aliphatic carbocycles. The molecule has 108 valence electrons. The molecule has 0 bridgehead atoms. The molecule has 21 heavy (non-hydrogen) atoms. The molecule has 3 N–H and O–H groups in total. The lowest BCUT2D eigenvalue weighted by atomic mass is 10.1. The second kappa shape index (κ2) is 6.23. The second-order valence-electron chi connectivity index (χ2n) is 4.23. The first-order chi connectivity index (χ1) is 9.99. The van der Waals surface area contributed by atoms with Gasteiger partial charge in [0.2, 0.25) is 0 Å². The number of benzene rings is 2. The predicted octanol–water partition coefficient (Wildman–Crippen LogP) is 3.11. The van der Waals surface area contributed by atoms with E-state index in [0.29, 0.717) is 11.1 Å². The van der Waals surface area contributed by atoms with Gasteiger partial charge in [0.15, 0.2) is 5.75 Å². The zero-order chi connectivity index (χ0) is 15.4. The number of nitrogens with one attached hydrogen (secondary N) is 1. The Bertz CT molecular complexity index is 704. The van der Waals surface area contributed by atoms with Crippen molar-refractivity contribution < 1.29 is 9.66 Å². The van der Waals surface area contributed by atoms with Crippen molar-refractivity contribution in [3.05, 3.63) is 68.7 Å². The summed E-state index contributed by atoms with van der Waals surface area (Å²) in [5.41, 5.74) is 6.49. The molecule has 0 saturated heterocycles. The summed E-state index contributed by atoms with van der Waals surface area (Å²) in [4.78, 5) is 10.4. The standard InChI is InChI=1S/C14H12ClN3O3/c15-10-5-6-13(12(7-10)18(19)20)21-8-9-3-1-2-4-11(9)14(16)17/h1-7H,8H2,(H3,16,17). The van der Waals surface area contributed by atoms with Crippen molar-refractivity contribution in [1.82, 2.24) is 0 Å². The third kappa shape index (κ3) is 3.49. The lowest BCUT2D eigenvalue weighted by Gasteiger charge is -2.10. The Morgan fingerprint density at radius 3 is 2.71 bits per heavy atom. The van der Waals surface area contributed by atoms with Crippen molar-refractivity contribution in [2.75, 3.05) is 0 Å². The molecular weight excluding hydrogens is 294 g/mol. The molecule has 0 atom stereocenters. The number of hydrogen-bond donors (Lipinski definition) is 2. The van der Waals surface area contributed by atoms with E-state index in [2.05, 4.69) is 0 Å². The minimum Gasteiger partial charge on any atom is -0.482 e. The van der Waals surface area contributed by atoms with Crippen LogP contribution in [0.4, 0.5) is 5.69 Å². The van der Waals surface area contributed by atoms with E-state index < -0.39 is 4.92 Å². The summed E-state index contributed by atoms with van der Waals surface area (Å²) in [7, 11) is 0. The van der Waals surface area contributed by atoms with Crippen LogP contribution in [0.25, 0.3) is 0 Å². The molecule has 0 amide bonds. The Balaban J connectivity index is 2.25. The van der Waals surface area contributed by atoms with E-state index >= 15 is 0 Å². The number of nitrogen functional groups attached to an aromatic ring is 1. The van der Waals surface area contributed by atoms with Gasteiger partial charge >= 0.3 is 5.69 Å². The van der Waals surface area contributed by atoms with Gasteiger partial charge in [0.1, 0.15) is 12.4 Å². The van der Waals surface area contributed by atoms with Gasteiger partial charge in [-0.25, -0.2) is 0 Å². The van der Waals surface area contributed by atoms with Gasteiger partial charge in [-0.3, -0.25) is 15.5 Å². The van der Waals surface area contributed by atoms with Crippen LogP contribution in [-0.2, 0) is 6.61 Å². The number of halogens is 1. The summed E-state index contributed by atoms with van der Waals surface area (Å²) in [5, 5.41) is 18.7. The predicted molar refractivity (Wildman–Crippen MR) is 79.9 cm³/mol. The molecule has 2 aromatic rings. The summed E-state index contributed by atoms with van der Waals surface area (Å²) in [5.74, 6) is 0.0301. The van der Waals surface area contributed by atoms with Crippen LogP contribution in [0.3, 0.4) is 0 Å². The molecule has 0 spiro atoms. The smallest absolute Gasteiger partial charge is 0.312 e. The number of rotatable bonds is 5. The van der Waals surface area contributed by atoms with Crippen molar-refractivity contribution in [1.29, 1.82) is 5.41 Å². The largest absolute Gasteiger partial charge is 0.482 e. The number of hydrogen-bond acceptors (Lipinski definition) is 4. The second-order valence-corrected chi connectivity index (χ2v) is 4.67. The summed E-state index contributed by atoms with van der Waals surface area (Å²) in [6, 6.07) is 11.2. The van der Waals surface area contributed by atoms with Crippen molar-refractivity contribution >= 4 is 23.1 Å². The quantitative estimate of drug-likeness (QED) is 0.383. The SMILES string of the molecule is N=C(N)c1ccccc1COc1ccc(Cl)cc1[N+](=O)[O-]. The molecule has 2 aromatic carbocycles. The molecule has 0 aliphatic heterocycles. The van der Waals surface area contributed by atoms with E-state index in [9.17, 15) is 10.1 Å². The summed E-state index contributed by atoms with van der Waals surface area (Å²) < 4.78 is 5.48. The molecule has 0 saturated carbocycles. The Hall–Kier alpha value is -2.60. The fraction of sp³-hybridized carbons (Fsp3) is 0.0714. The van der Waals surface area contributed by atoms with Crippen molar-refractivity contribution in [3.63, 3.8) is 0 Å². The van der Waals surface area contributed by atoms with E-state index in [4.69, 9.17) is 27.5 Å². The Morgan fingerprint density at radius 1 is 1.33 bits per heavy atom. The zero-order valence-electron chi connectivity index (χ0n) is 10.9. The molecule has 0 aliphatic rings. The van der Waals surface area contributed by atoms with Crippen molar-refractivity contribution in [2.24, 2.45) is 5.73 Å². The molecule has 0 heterocycles. The number of amidine groups is 1. The number of nitro groups is 1. The topological polar surface area (TPSA) is 102 Å². The molecule has 0 unspecified atom stereocenters. The molecule has 0 fully saturated rings. The van der Waals surface area contributed by atoms with Crippen LogP contribution < -0.4 is 10.5 Å². The third-order valence-corrected chi connectivity index (χ3v) is 3.04. The fourth-order valence-electron chi connectivity index (χ4n) is 1.82. The normalized spacial score (nSPS) is 10.1. The summed E-state index contributed by atoms with van der Waals surface area (Å²) >= 11 is 5.74. The van der Waals surface area contributed by atoms with Gasteiger partial charge in [-0.05, 0) is 12.1 Å². The monoisotopic (exact) mass is 305 g/mol. The van der Waals surface area contributed by atoms with Gasteiger partial charge in [-0.15, -0.1) is 0 Å². The highest BCUT2D eigenvalue weighted by Crippen LogP contribution is 2.30. The van der Waals surface area contributed by atoms with Gasteiger partial charge in [0.25, 0.3) is 0 Å². The fourth-order valence-corrected chi connectivity index (χ4v) is 1.99. The van der Waals surface area contributed by atoms with Gasteiger partial charge in [0, 0.05) is 22.2 Å². The minimum atomic E-state index is -0.557. The maximum atomic E-state index is 11.0. The van der Waals surface area contributed by atoms with E-state index in [1.807, 2.05) is 0 Å². The maximum Gasteiger partial charge on any atom is 0.312 e. The molecule has 2 rings (SSSR count). The van der Waals surface area contributed by atoms with Gasteiger partial charge < -0.3 is 10.5 Å². The molecule has 6 nitrogen and oxygen atoms in total. The Labute approximate surface area is 125 Å². The van der Waals surface area contributed by atoms with E-state index in [0.717, 1.165) is 0 Å². The van der Waals surface area contributed by atoms with Crippen LogP contribution in [-0.4, -0.2) is 10.8 Å². The van der Waals surface area contributed by atoms with E-state index in [1.165, 1.54) is 18.2 Å². The molecule has 7 heteroatoms. The molecular formula is C14H12ClN3O3. The van der Waals surface area contributed by atoms with Crippen molar-refractivity contribution in [3.8, 4) is 5.75 Å². The zero-order valence-corrected chi connectivity index (χ0v) is 11.6. The number of nitrogens with two attached hydrogens (primary N) is 1. The lowest BCUT2D eigenvalue weighted by molar-refractivity contribution is -0.385. The van der Waals surface area contributed by atoms with E-state index in [-0.39, 0.29) is 28.9 Å². The highest BCUT2D eigenvalue weighted by atomic mass is 35.5. The first-order valence-electron chi connectivity index (χ1n) is 5.98. The molecule has 0 aromatic heterocycles. The van der Waals surface area contributed by atoms with Gasteiger partial charge in [-0.2, -0.15) is 0 Å². The Kier molecular flexibility index (Phi) is 4.39. The summed E-state index contributed by atoms with van der Waals surface area (Å²) in [6.45, 7) is 0.0677. The van der Waals surface area contributed by atoms with Crippen LogP contribution in [0, 0.1) is 15.5 Å². The van der Waals surface area contributed by atoms with Gasteiger partial charge in [-0.1, -0.05) is 35.9 Å². The van der Waals surface area contributed by atoms with Crippen LogP contribution in [0.1, 0.15) is 11.1 Å². The molecule has 0 radical (unpaired) electrons. The summed E-state index contributed by atoms with van der Waals surface area (Å²) in [6.07, 6.45) is 0. The first kappa shape index (κ1) is 14.8. The van der Waals surface area contributed by atoms with E-state index in [1.54, 1.807) is 24.3 Å². The van der Waals surface area contributed by atoms with Gasteiger partial charge in [0.05, 0.1) is 4.92 Å². The van der Waals surface area contributed by atoms with Crippen LogP contribution >= 0.6 is 11.6 Å². The van der Waals surface area contributed by atoms with Crippen LogP contribution in [0.5, 0.6) is 5.75 Å². The number of nitro benzene ring substituents is 1. The third-order valence-electron chi connectivity index (χ3n) is 2.81. The Morgan fingerprint density at radius 2 is 2.05 bits per heavy atom. The highest BCUT2D eigenvalue weighted by molar-refractivity contribution is 6.30. The number of ether oxygens (including phenoxy) is 1. The minimum absolute atomic E-state index is 0.0677.